The number of nitrogens with zero attached hydrogens (tertiary/aromatic N) is 2. The largest absolute Gasteiger partial charge is 0.742 e. The first-order chi connectivity index (χ1) is 14.1. The van der Waals surface area contributed by atoms with Crippen molar-refractivity contribution < 1.29 is 4.79 Å². The average Bonchev–Trinajstić information content (AvgIpc) is 3.05. The molecular formula is C23H23N4O2-. The van der Waals surface area contributed by atoms with Crippen LogP contribution in [0.4, 0.5) is 17.1 Å². The third-order valence-corrected chi connectivity index (χ3v) is 4.95. The van der Waals surface area contributed by atoms with Crippen LogP contribution in [0.25, 0.3) is 0 Å². The van der Waals surface area contributed by atoms with Crippen molar-refractivity contribution in [3.8, 4) is 0 Å². The molecule has 0 spiro atoms. The van der Waals surface area contributed by atoms with Crippen molar-refractivity contribution in [1.82, 2.24) is 5.53 Å². The van der Waals surface area contributed by atoms with Crippen molar-refractivity contribution >= 4 is 23.0 Å². The minimum atomic E-state index is -0.0388. The van der Waals surface area contributed by atoms with Crippen LogP contribution in [0, 0.1) is 5.21 Å². The number of para-hydroxylation sites is 2. The quantitative estimate of drug-likeness (QED) is 0.664. The van der Waals surface area contributed by atoms with Crippen molar-refractivity contribution in [2.45, 2.75) is 26.3 Å². The van der Waals surface area contributed by atoms with E-state index in [-0.39, 0.29) is 5.91 Å². The maximum atomic E-state index is 12.3. The molecule has 1 aliphatic rings. The molecule has 0 aromatic heterocycles. The number of hydrogen-bond acceptors (Lipinski definition) is 5. The van der Waals surface area contributed by atoms with E-state index in [0.29, 0.717) is 18.7 Å². The van der Waals surface area contributed by atoms with Gasteiger partial charge in [-0.2, -0.15) is 5.53 Å². The van der Waals surface area contributed by atoms with Gasteiger partial charge in [-0.15, -0.1) is 0 Å². The second kappa shape index (κ2) is 8.34. The highest BCUT2D eigenvalue weighted by Crippen LogP contribution is 2.33. The number of hydrogen-bond donors (Lipinski definition) is 2. The number of benzene rings is 3. The predicted octanol–water partition coefficient (Wildman–Crippen LogP) is 4.17. The zero-order chi connectivity index (χ0) is 20.2. The normalized spacial score (nSPS) is 12.8. The molecule has 1 heterocycles. The number of amides is 1. The predicted molar refractivity (Wildman–Crippen MR) is 116 cm³/mol. The SMILES string of the molecule is CCc1cccc(NC(=O)Cc2ccc(CN3NN([O-])c4ccccc43)cc2)c1. The van der Waals surface area contributed by atoms with Crippen LogP contribution in [0.2, 0.25) is 0 Å². The van der Waals surface area contributed by atoms with E-state index in [2.05, 4.69) is 17.8 Å². The van der Waals surface area contributed by atoms with E-state index in [1.165, 1.54) is 5.56 Å². The van der Waals surface area contributed by atoms with Gasteiger partial charge in [0.2, 0.25) is 5.91 Å². The van der Waals surface area contributed by atoms with E-state index in [4.69, 9.17) is 0 Å². The molecule has 148 valence electrons. The number of carbonyl (C=O) groups excluding carboxylic acids is 1. The molecule has 0 saturated heterocycles. The molecule has 0 aliphatic carbocycles. The Morgan fingerprint density at radius 1 is 0.931 bits per heavy atom. The maximum Gasteiger partial charge on any atom is 0.228 e. The van der Waals surface area contributed by atoms with Gasteiger partial charge in [-0.3, -0.25) is 9.80 Å². The molecule has 0 unspecified atom stereocenters. The number of anilines is 3. The standard InChI is InChI=1S/C23H23N4O2/c1-2-17-6-5-7-20(14-17)24-23(28)15-18-10-12-19(13-11-18)16-26-21-8-3-4-9-22(21)27(29)25-26/h3-14,25H,2,15-16H2,1H3,(H,24,28)/q-1. The number of carbonyl (C=O) groups is 1. The Bertz CT molecular complexity index is 1000. The van der Waals surface area contributed by atoms with Gasteiger partial charge in [0.05, 0.1) is 24.3 Å². The first kappa shape index (κ1) is 19.0. The van der Waals surface area contributed by atoms with Gasteiger partial charge in [0.25, 0.3) is 0 Å². The number of aryl methyl sites for hydroxylation is 1. The van der Waals surface area contributed by atoms with Crippen molar-refractivity contribution in [2.75, 3.05) is 15.5 Å². The molecule has 29 heavy (non-hydrogen) atoms. The molecule has 2 N–H and O–H groups in total. The van der Waals surface area contributed by atoms with Gasteiger partial charge in [0.15, 0.2) is 0 Å². The number of fused-ring (bicyclic) bond motifs is 1. The third kappa shape index (κ3) is 4.39. The van der Waals surface area contributed by atoms with Crippen molar-refractivity contribution in [1.29, 1.82) is 0 Å². The summed E-state index contributed by atoms with van der Waals surface area (Å²) in [7, 11) is 0. The van der Waals surface area contributed by atoms with Gasteiger partial charge in [-0.05, 0) is 47.4 Å². The van der Waals surface area contributed by atoms with Crippen LogP contribution >= 0.6 is 0 Å². The Labute approximate surface area is 170 Å². The average molecular weight is 387 g/mol. The van der Waals surface area contributed by atoms with E-state index >= 15 is 0 Å². The summed E-state index contributed by atoms with van der Waals surface area (Å²) in [6.45, 7) is 2.64. The molecule has 3 aromatic carbocycles. The Hall–Kier alpha value is -3.35. The van der Waals surface area contributed by atoms with E-state index < -0.39 is 0 Å². The number of hydrazine groups is 2. The lowest BCUT2D eigenvalue weighted by atomic mass is 10.1. The van der Waals surface area contributed by atoms with Gasteiger partial charge in [-0.1, -0.05) is 55.5 Å². The molecule has 1 aliphatic heterocycles. The van der Waals surface area contributed by atoms with Crippen molar-refractivity contribution in [3.63, 3.8) is 0 Å². The third-order valence-electron chi connectivity index (χ3n) is 4.95. The van der Waals surface area contributed by atoms with Crippen LogP contribution < -0.4 is 21.0 Å². The van der Waals surface area contributed by atoms with Crippen LogP contribution in [0.1, 0.15) is 23.6 Å². The Kier molecular flexibility index (Phi) is 5.46. The van der Waals surface area contributed by atoms with Gasteiger partial charge in [-0.25, -0.2) is 0 Å². The molecule has 0 radical (unpaired) electrons. The molecule has 0 saturated carbocycles. The molecule has 0 fully saturated rings. The fraction of sp³-hybridized carbons (Fsp3) is 0.174. The molecule has 6 nitrogen and oxygen atoms in total. The summed E-state index contributed by atoms with van der Waals surface area (Å²) in [6, 6.07) is 23.2. The highest BCUT2D eigenvalue weighted by Gasteiger charge is 2.19. The monoisotopic (exact) mass is 387 g/mol. The van der Waals surface area contributed by atoms with Crippen LogP contribution in [-0.2, 0) is 24.2 Å². The van der Waals surface area contributed by atoms with E-state index in [1.54, 1.807) is 6.07 Å². The van der Waals surface area contributed by atoms with Crippen LogP contribution in [0.15, 0.2) is 72.8 Å². The number of nitrogens with one attached hydrogen (secondary N) is 2. The van der Waals surface area contributed by atoms with Gasteiger partial charge >= 0.3 is 0 Å². The van der Waals surface area contributed by atoms with E-state index in [1.807, 2.05) is 71.7 Å². The summed E-state index contributed by atoms with van der Waals surface area (Å²) in [5.74, 6) is -0.0388. The molecular weight excluding hydrogens is 364 g/mol. The second-order valence-electron chi connectivity index (χ2n) is 7.06. The smallest absolute Gasteiger partial charge is 0.228 e. The number of rotatable bonds is 6. The van der Waals surface area contributed by atoms with Gasteiger partial charge < -0.3 is 15.7 Å². The van der Waals surface area contributed by atoms with Gasteiger partial charge in [0, 0.05) is 5.69 Å². The summed E-state index contributed by atoms with van der Waals surface area (Å²) in [4.78, 5) is 12.3. The summed E-state index contributed by atoms with van der Waals surface area (Å²) in [5, 5.41) is 17.5. The van der Waals surface area contributed by atoms with Crippen LogP contribution in [-0.4, -0.2) is 5.91 Å². The lowest BCUT2D eigenvalue weighted by Crippen LogP contribution is -2.40. The van der Waals surface area contributed by atoms with Crippen molar-refractivity contribution in [2.24, 2.45) is 0 Å². The van der Waals surface area contributed by atoms with Crippen molar-refractivity contribution in [3.05, 3.63) is 94.7 Å². The summed E-state index contributed by atoms with van der Waals surface area (Å²) < 4.78 is 0. The second-order valence-corrected chi connectivity index (χ2v) is 7.06. The maximum absolute atomic E-state index is 12.3. The molecule has 4 rings (SSSR count). The minimum absolute atomic E-state index is 0.0388. The Balaban J connectivity index is 1.36. The summed E-state index contributed by atoms with van der Waals surface area (Å²) in [6.07, 6.45) is 1.25. The lowest BCUT2D eigenvalue weighted by Gasteiger charge is -2.26. The lowest BCUT2D eigenvalue weighted by molar-refractivity contribution is -0.115. The van der Waals surface area contributed by atoms with E-state index in [0.717, 1.165) is 34.1 Å². The highest BCUT2D eigenvalue weighted by molar-refractivity contribution is 5.92. The van der Waals surface area contributed by atoms with Gasteiger partial charge in [0.1, 0.15) is 0 Å². The zero-order valence-electron chi connectivity index (χ0n) is 16.3. The molecule has 1 amide bonds. The first-order valence-electron chi connectivity index (χ1n) is 9.69. The summed E-state index contributed by atoms with van der Waals surface area (Å²) in [5.41, 5.74) is 8.26. The minimum Gasteiger partial charge on any atom is -0.742 e. The molecule has 0 bridgehead atoms. The highest BCUT2D eigenvalue weighted by atomic mass is 16.6. The molecule has 3 aromatic rings. The fourth-order valence-corrected chi connectivity index (χ4v) is 3.41. The Morgan fingerprint density at radius 2 is 1.66 bits per heavy atom. The molecule has 0 atom stereocenters. The van der Waals surface area contributed by atoms with E-state index in [9.17, 15) is 10.0 Å². The summed E-state index contributed by atoms with van der Waals surface area (Å²) >= 11 is 0. The Morgan fingerprint density at radius 3 is 2.41 bits per heavy atom. The molecule has 6 heteroatoms. The fourth-order valence-electron chi connectivity index (χ4n) is 3.41. The topological polar surface area (TPSA) is 70.7 Å². The van der Waals surface area contributed by atoms with Crippen LogP contribution in [0.3, 0.4) is 0 Å². The van der Waals surface area contributed by atoms with Crippen LogP contribution in [0.5, 0.6) is 0 Å². The zero-order valence-corrected chi connectivity index (χ0v) is 16.3. The first-order valence-corrected chi connectivity index (χ1v) is 9.69.